The summed E-state index contributed by atoms with van der Waals surface area (Å²) in [4.78, 5) is 0. The van der Waals surface area contributed by atoms with Crippen LogP contribution >= 0.6 is 0 Å². The zero-order valence-electron chi connectivity index (χ0n) is 15.4. The maximum absolute atomic E-state index is 5.91. The molecule has 0 heterocycles. The van der Waals surface area contributed by atoms with Crippen molar-refractivity contribution in [3.05, 3.63) is 0 Å². The van der Waals surface area contributed by atoms with E-state index in [1.165, 1.54) is 0 Å². The van der Waals surface area contributed by atoms with Gasteiger partial charge in [0.05, 0.1) is 0 Å². The Morgan fingerprint density at radius 1 is 0.565 bits per heavy atom. The predicted molar refractivity (Wildman–Crippen MR) is 92.1 cm³/mol. The second-order valence-electron chi connectivity index (χ2n) is 5.30. The summed E-state index contributed by atoms with van der Waals surface area (Å²) in [6, 6.07) is 0.740. The molecule has 0 atom stereocenters. The highest BCUT2D eigenvalue weighted by atomic mass is 28.4. The SMILES string of the molecule is CCCC[Si](OCOCCC)(OCOCCC)OCOCCC. The van der Waals surface area contributed by atoms with Crippen LogP contribution in [-0.4, -0.2) is 49.0 Å². The number of rotatable bonds is 18. The number of hydrogen-bond donors (Lipinski definition) is 0. The Hall–Kier alpha value is -0.0231. The van der Waals surface area contributed by atoms with Crippen molar-refractivity contribution in [3.8, 4) is 0 Å². The molecule has 0 fully saturated rings. The van der Waals surface area contributed by atoms with E-state index in [0.29, 0.717) is 19.8 Å². The third-order valence-electron chi connectivity index (χ3n) is 2.97. The molecule has 0 saturated heterocycles. The molecule has 23 heavy (non-hydrogen) atoms. The van der Waals surface area contributed by atoms with Gasteiger partial charge in [0.25, 0.3) is 0 Å². The fourth-order valence-corrected chi connectivity index (χ4v) is 4.00. The smallest absolute Gasteiger partial charge is 0.356 e. The summed E-state index contributed by atoms with van der Waals surface area (Å²) in [5.41, 5.74) is 0. The van der Waals surface area contributed by atoms with Gasteiger partial charge in [0, 0.05) is 25.9 Å². The molecule has 0 rings (SSSR count). The van der Waals surface area contributed by atoms with Crippen LogP contribution in [0.5, 0.6) is 0 Å². The lowest BCUT2D eigenvalue weighted by Gasteiger charge is -2.29. The predicted octanol–water partition coefficient (Wildman–Crippen LogP) is 3.93. The van der Waals surface area contributed by atoms with Crippen LogP contribution in [0.3, 0.4) is 0 Å². The Morgan fingerprint density at radius 3 is 1.26 bits per heavy atom. The average molecular weight is 353 g/mol. The maximum atomic E-state index is 5.91. The van der Waals surface area contributed by atoms with Crippen LogP contribution in [0.15, 0.2) is 0 Å². The first-order valence-corrected chi connectivity index (χ1v) is 10.8. The zero-order valence-corrected chi connectivity index (χ0v) is 16.4. The van der Waals surface area contributed by atoms with Crippen molar-refractivity contribution < 1.29 is 27.5 Å². The van der Waals surface area contributed by atoms with Crippen LogP contribution in [0.2, 0.25) is 6.04 Å². The van der Waals surface area contributed by atoms with Gasteiger partial charge in [0.2, 0.25) is 0 Å². The fourth-order valence-electron chi connectivity index (χ4n) is 1.74. The molecule has 6 nitrogen and oxygen atoms in total. The second-order valence-corrected chi connectivity index (χ2v) is 8.03. The summed E-state index contributed by atoms with van der Waals surface area (Å²) in [6.07, 6.45) is 4.88. The second kappa shape index (κ2) is 16.8. The lowest BCUT2D eigenvalue weighted by molar-refractivity contribution is -0.104. The first kappa shape index (κ1) is 23.0. The summed E-state index contributed by atoms with van der Waals surface area (Å²) >= 11 is 0. The standard InChI is InChI=1S/C16H36O6Si/c1-5-9-13-23(20-14-17-10-6-2,21-15-18-11-7-3)22-16-19-12-8-4/h5-16H2,1-4H3. The molecule has 0 aliphatic heterocycles. The van der Waals surface area contributed by atoms with Crippen molar-refractivity contribution in [1.29, 1.82) is 0 Å². The molecule has 0 N–H and O–H groups in total. The van der Waals surface area contributed by atoms with E-state index in [-0.39, 0.29) is 20.4 Å². The summed E-state index contributed by atoms with van der Waals surface area (Å²) < 4.78 is 34.1. The Balaban J connectivity index is 4.51. The molecule has 0 aliphatic carbocycles. The van der Waals surface area contributed by atoms with Crippen LogP contribution in [0.4, 0.5) is 0 Å². The zero-order chi connectivity index (χ0) is 17.2. The van der Waals surface area contributed by atoms with Gasteiger partial charge < -0.3 is 27.5 Å². The van der Waals surface area contributed by atoms with Crippen LogP contribution < -0.4 is 0 Å². The first-order chi connectivity index (χ1) is 11.2. The summed E-state index contributed by atoms with van der Waals surface area (Å²) in [5.74, 6) is 0. The molecule has 0 bridgehead atoms. The average Bonchev–Trinajstić information content (AvgIpc) is 2.57. The molecular weight excluding hydrogens is 316 g/mol. The fraction of sp³-hybridized carbons (Fsp3) is 1.00. The van der Waals surface area contributed by atoms with E-state index in [1.54, 1.807) is 0 Å². The number of ether oxygens (including phenoxy) is 3. The third-order valence-corrected chi connectivity index (χ3v) is 5.61. The largest absolute Gasteiger partial charge is 0.506 e. The third kappa shape index (κ3) is 13.0. The van der Waals surface area contributed by atoms with Gasteiger partial charge in [-0.1, -0.05) is 34.1 Å². The quantitative estimate of drug-likeness (QED) is 0.212. The number of hydrogen-bond acceptors (Lipinski definition) is 6. The van der Waals surface area contributed by atoms with Crippen molar-refractivity contribution in [2.24, 2.45) is 0 Å². The normalized spacial score (nSPS) is 12.0. The lowest BCUT2D eigenvalue weighted by Crippen LogP contribution is -2.47. The van der Waals surface area contributed by atoms with Gasteiger partial charge in [-0.25, -0.2) is 0 Å². The van der Waals surface area contributed by atoms with E-state index in [0.717, 1.165) is 38.1 Å². The lowest BCUT2D eigenvalue weighted by atomic mass is 10.4. The highest BCUT2D eigenvalue weighted by molar-refractivity contribution is 6.60. The molecular formula is C16H36O6Si. The van der Waals surface area contributed by atoms with E-state index >= 15 is 0 Å². The maximum Gasteiger partial charge on any atom is 0.506 e. The molecule has 0 aromatic carbocycles. The molecule has 0 aromatic heterocycles. The molecule has 0 saturated carbocycles. The molecule has 0 amide bonds. The van der Waals surface area contributed by atoms with Gasteiger partial charge in [0.15, 0.2) is 0 Å². The van der Waals surface area contributed by atoms with Crippen LogP contribution in [-0.2, 0) is 27.5 Å². The minimum atomic E-state index is -2.84. The minimum absolute atomic E-state index is 0.186. The van der Waals surface area contributed by atoms with Crippen molar-refractivity contribution >= 4 is 8.80 Å². The van der Waals surface area contributed by atoms with E-state index in [1.807, 2.05) is 0 Å². The first-order valence-electron chi connectivity index (χ1n) is 8.89. The van der Waals surface area contributed by atoms with E-state index < -0.39 is 8.80 Å². The monoisotopic (exact) mass is 352 g/mol. The van der Waals surface area contributed by atoms with E-state index in [9.17, 15) is 0 Å². The molecule has 0 aromatic rings. The van der Waals surface area contributed by atoms with E-state index in [2.05, 4.69) is 27.7 Å². The Labute approximate surface area is 143 Å². The van der Waals surface area contributed by atoms with Gasteiger partial charge in [-0.3, -0.25) is 0 Å². The van der Waals surface area contributed by atoms with Crippen LogP contribution in [0.25, 0.3) is 0 Å². The highest BCUT2D eigenvalue weighted by Gasteiger charge is 2.41. The summed E-state index contributed by atoms with van der Waals surface area (Å²) in [6.45, 7) is 10.9. The molecule has 0 unspecified atom stereocenters. The minimum Gasteiger partial charge on any atom is -0.356 e. The van der Waals surface area contributed by atoms with Gasteiger partial charge >= 0.3 is 8.80 Å². The topological polar surface area (TPSA) is 55.4 Å². The Kier molecular flexibility index (Phi) is 16.8. The van der Waals surface area contributed by atoms with Gasteiger partial charge in [-0.2, -0.15) is 0 Å². The molecule has 140 valence electrons. The molecule has 0 aliphatic rings. The molecule has 0 spiro atoms. The van der Waals surface area contributed by atoms with Crippen molar-refractivity contribution in [2.45, 2.75) is 65.8 Å². The van der Waals surface area contributed by atoms with Crippen molar-refractivity contribution in [3.63, 3.8) is 0 Å². The Bertz CT molecular complexity index is 211. The summed E-state index contributed by atoms with van der Waals surface area (Å²) in [5, 5.41) is 0. The van der Waals surface area contributed by atoms with E-state index in [4.69, 9.17) is 27.5 Å². The number of unbranched alkanes of at least 4 members (excludes halogenated alkanes) is 1. The summed E-state index contributed by atoms with van der Waals surface area (Å²) in [7, 11) is -2.84. The highest BCUT2D eigenvalue weighted by Crippen LogP contribution is 2.20. The van der Waals surface area contributed by atoms with Crippen LogP contribution in [0, 0.1) is 0 Å². The Morgan fingerprint density at radius 2 is 0.957 bits per heavy atom. The van der Waals surface area contributed by atoms with Gasteiger partial charge in [0.1, 0.15) is 20.4 Å². The van der Waals surface area contributed by atoms with Crippen molar-refractivity contribution in [1.82, 2.24) is 0 Å². The van der Waals surface area contributed by atoms with Gasteiger partial charge in [-0.05, 0) is 25.7 Å². The van der Waals surface area contributed by atoms with Crippen LogP contribution in [0.1, 0.15) is 59.8 Å². The van der Waals surface area contributed by atoms with Gasteiger partial charge in [-0.15, -0.1) is 0 Å². The molecule has 0 radical (unpaired) electrons. The molecule has 7 heteroatoms. The van der Waals surface area contributed by atoms with Crippen molar-refractivity contribution in [2.75, 3.05) is 40.2 Å².